The summed E-state index contributed by atoms with van der Waals surface area (Å²) in [7, 11) is 0. The van der Waals surface area contributed by atoms with Gasteiger partial charge in [-0.25, -0.2) is 0 Å². The number of carbonyl (C=O) groups is 3. The van der Waals surface area contributed by atoms with Gasteiger partial charge in [-0.3, -0.25) is 14.4 Å². The fraction of sp³-hybridized carbons (Fsp3) is 0.897. The Bertz CT molecular complexity index is 1190. The van der Waals surface area contributed by atoms with E-state index < -0.39 is 6.10 Å². The highest BCUT2D eigenvalue weighted by Gasteiger charge is 2.19. The molecule has 6 nitrogen and oxygen atoms in total. The summed E-state index contributed by atoms with van der Waals surface area (Å²) in [6, 6.07) is 0. The lowest BCUT2D eigenvalue weighted by Crippen LogP contribution is -2.30. The van der Waals surface area contributed by atoms with E-state index in [1.807, 2.05) is 0 Å². The van der Waals surface area contributed by atoms with Crippen LogP contribution in [-0.4, -0.2) is 37.2 Å². The summed E-state index contributed by atoms with van der Waals surface area (Å²) in [4.78, 5) is 38.0. The van der Waals surface area contributed by atoms with Gasteiger partial charge in [0, 0.05) is 19.3 Å². The van der Waals surface area contributed by atoms with Crippen LogP contribution >= 0.6 is 0 Å². The number of carbonyl (C=O) groups excluding carboxylic acids is 3. The molecular formula is C68H128O6. The third-order valence-electron chi connectivity index (χ3n) is 15.2. The van der Waals surface area contributed by atoms with Gasteiger partial charge in [0.2, 0.25) is 0 Å². The van der Waals surface area contributed by atoms with E-state index in [-0.39, 0.29) is 31.1 Å². The SMILES string of the molecule is CCC/C=C\C/C=C\CCCCCCCC(=O)OC(COC(=O)CCCCCCCCCC)COC(=O)CCCCCCCCCCCCCCCCCCCCCCCCCCCCCCCCCCCCC. The summed E-state index contributed by atoms with van der Waals surface area (Å²) >= 11 is 0. The van der Waals surface area contributed by atoms with Crippen LogP contribution in [0.25, 0.3) is 0 Å². The molecule has 0 aromatic carbocycles. The molecule has 0 aromatic heterocycles. The predicted molar refractivity (Wildman–Crippen MR) is 321 cm³/mol. The summed E-state index contributed by atoms with van der Waals surface area (Å²) in [5.41, 5.74) is 0. The van der Waals surface area contributed by atoms with Crippen molar-refractivity contribution < 1.29 is 28.6 Å². The molecule has 0 N–H and O–H groups in total. The fourth-order valence-electron chi connectivity index (χ4n) is 10.2. The van der Waals surface area contributed by atoms with Crippen molar-refractivity contribution in [1.29, 1.82) is 0 Å². The molecule has 0 aliphatic heterocycles. The van der Waals surface area contributed by atoms with Crippen molar-refractivity contribution in [2.75, 3.05) is 13.2 Å². The van der Waals surface area contributed by atoms with Crippen molar-refractivity contribution in [3.63, 3.8) is 0 Å². The van der Waals surface area contributed by atoms with E-state index in [9.17, 15) is 14.4 Å². The summed E-state index contributed by atoms with van der Waals surface area (Å²) in [5, 5.41) is 0. The van der Waals surface area contributed by atoms with Crippen LogP contribution in [0.4, 0.5) is 0 Å². The number of unbranched alkanes of at least 4 members (excludes halogenated alkanes) is 47. The van der Waals surface area contributed by atoms with Crippen molar-refractivity contribution in [2.24, 2.45) is 0 Å². The first-order valence-electron chi connectivity index (χ1n) is 33.3. The minimum Gasteiger partial charge on any atom is -0.462 e. The molecule has 436 valence electrons. The fourth-order valence-corrected chi connectivity index (χ4v) is 10.2. The zero-order valence-electron chi connectivity index (χ0n) is 50.1. The minimum atomic E-state index is -0.773. The predicted octanol–water partition coefficient (Wildman–Crippen LogP) is 22.6. The van der Waals surface area contributed by atoms with Gasteiger partial charge < -0.3 is 14.2 Å². The van der Waals surface area contributed by atoms with Gasteiger partial charge in [0.1, 0.15) is 13.2 Å². The van der Waals surface area contributed by atoms with Gasteiger partial charge in [-0.15, -0.1) is 0 Å². The van der Waals surface area contributed by atoms with E-state index in [0.717, 1.165) is 89.9 Å². The van der Waals surface area contributed by atoms with Gasteiger partial charge in [0.05, 0.1) is 0 Å². The molecule has 0 rings (SSSR count). The third kappa shape index (κ3) is 60.8. The van der Waals surface area contributed by atoms with Crippen molar-refractivity contribution >= 4 is 17.9 Å². The Hall–Kier alpha value is -2.11. The molecule has 74 heavy (non-hydrogen) atoms. The minimum absolute atomic E-state index is 0.0722. The van der Waals surface area contributed by atoms with Gasteiger partial charge >= 0.3 is 17.9 Å². The second-order valence-electron chi connectivity index (χ2n) is 22.7. The Balaban J connectivity index is 3.89. The first-order valence-corrected chi connectivity index (χ1v) is 33.3. The summed E-state index contributed by atoms with van der Waals surface area (Å²) in [6.07, 6.45) is 76.8. The molecule has 0 aliphatic carbocycles. The Labute approximate surface area is 462 Å². The number of hydrogen-bond donors (Lipinski definition) is 0. The van der Waals surface area contributed by atoms with Crippen LogP contribution in [0, 0.1) is 0 Å². The average molecular weight is 1040 g/mol. The highest BCUT2D eigenvalue weighted by Crippen LogP contribution is 2.19. The van der Waals surface area contributed by atoms with Crippen LogP contribution in [0.15, 0.2) is 24.3 Å². The lowest BCUT2D eigenvalue weighted by molar-refractivity contribution is -0.167. The number of ether oxygens (including phenoxy) is 3. The maximum atomic E-state index is 12.8. The van der Waals surface area contributed by atoms with Crippen LogP contribution in [0.3, 0.4) is 0 Å². The van der Waals surface area contributed by atoms with Crippen LogP contribution < -0.4 is 0 Å². The van der Waals surface area contributed by atoms with Crippen molar-refractivity contribution in [3.8, 4) is 0 Å². The second kappa shape index (κ2) is 63.4. The largest absolute Gasteiger partial charge is 0.462 e. The van der Waals surface area contributed by atoms with E-state index in [0.29, 0.717) is 19.3 Å². The first-order chi connectivity index (χ1) is 36.5. The maximum absolute atomic E-state index is 12.8. The second-order valence-corrected chi connectivity index (χ2v) is 22.7. The quantitative estimate of drug-likeness (QED) is 0.0261. The van der Waals surface area contributed by atoms with Crippen LogP contribution in [0.5, 0.6) is 0 Å². The summed E-state index contributed by atoms with van der Waals surface area (Å²) < 4.78 is 16.8. The molecule has 0 aromatic rings. The molecule has 0 aliphatic rings. The summed E-state index contributed by atoms with van der Waals surface area (Å²) in [6.45, 7) is 6.59. The van der Waals surface area contributed by atoms with E-state index in [2.05, 4.69) is 45.1 Å². The third-order valence-corrected chi connectivity index (χ3v) is 15.2. The Morgan fingerprint density at radius 2 is 0.514 bits per heavy atom. The molecule has 0 saturated carbocycles. The van der Waals surface area contributed by atoms with E-state index >= 15 is 0 Å². The molecule has 0 spiro atoms. The zero-order chi connectivity index (χ0) is 53.6. The van der Waals surface area contributed by atoms with Gasteiger partial charge in [0.15, 0.2) is 6.10 Å². The molecule has 0 heterocycles. The number of esters is 3. The first kappa shape index (κ1) is 71.9. The number of rotatable bonds is 62. The van der Waals surface area contributed by atoms with Gasteiger partial charge in [-0.1, -0.05) is 334 Å². The molecule has 1 atom stereocenters. The van der Waals surface area contributed by atoms with Gasteiger partial charge in [-0.2, -0.15) is 0 Å². The van der Waals surface area contributed by atoms with Gasteiger partial charge in [-0.05, 0) is 44.9 Å². The monoisotopic (exact) mass is 1040 g/mol. The molecule has 1 unspecified atom stereocenters. The highest BCUT2D eigenvalue weighted by atomic mass is 16.6. The molecule has 0 amide bonds. The number of hydrogen-bond acceptors (Lipinski definition) is 6. The lowest BCUT2D eigenvalue weighted by Gasteiger charge is -2.18. The Kier molecular flexibility index (Phi) is 61.6. The smallest absolute Gasteiger partial charge is 0.306 e. The maximum Gasteiger partial charge on any atom is 0.306 e. The summed E-state index contributed by atoms with van der Waals surface area (Å²) in [5.74, 6) is -0.871. The van der Waals surface area contributed by atoms with Gasteiger partial charge in [0.25, 0.3) is 0 Å². The van der Waals surface area contributed by atoms with E-state index in [1.165, 1.54) is 244 Å². The Morgan fingerprint density at radius 3 is 0.797 bits per heavy atom. The van der Waals surface area contributed by atoms with E-state index in [1.54, 1.807) is 0 Å². The Morgan fingerprint density at radius 1 is 0.270 bits per heavy atom. The van der Waals surface area contributed by atoms with Crippen LogP contribution in [0.2, 0.25) is 0 Å². The topological polar surface area (TPSA) is 78.9 Å². The zero-order valence-corrected chi connectivity index (χ0v) is 50.1. The average Bonchev–Trinajstić information content (AvgIpc) is 3.40. The van der Waals surface area contributed by atoms with Crippen LogP contribution in [0.1, 0.15) is 374 Å². The molecule has 0 radical (unpaired) electrons. The molecular weight excluding hydrogens is 913 g/mol. The van der Waals surface area contributed by atoms with Crippen molar-refractivity contribution in [3.05, 3.63) is 24.3 Å². The highest BCUT2D eigenvalue weighted by molar-refractivity contribution is 5.71. The standard InChI is InChI=1S/C68H128O6/c1-4-7-10-13-16-19-21-23-24-25-26-27-28-29-30-31-32-33-34-35-36-37-38-39-40-41-42-43-44-46-47-49-52-55-58-61-67(70)73-64-65(63-72-66(69)60-57-54-51-18-15-12-9-6-3)74-68(71)62-59-56-53-50-48-45-22-20-17-14-11-8-5-2/h11,14,20,22,65H,4-10,12-13,15-19,21,23-64H2,1-3H3/b14-11-,22-20-. The number of allylic oxidation sites excluding steroid dienone is 4. The lowest BCUT2D eigenvalue weighted by atomic mass is 10.0. The normalized spacial score (nSPS) is 12.1. The molecule has 0 saturated heterocycles. The molecule has 0 fully saturated rings. The van der Waals surface area contributed by atoms with E-state index in [4.69, 9.17) is 14.2 Å². The molecule has 0 bridgehead atoms. The van der Waals surface area contributed by atoms with Crippen molar-refractivity contribution in [1.82, 2.24) is 0 Å². The van der Waals surface area contributed by atoms with Crippen molar-refractivity contribution in [2.45, 2.75) is 380 Å². The molecule has 6 heteroatoms. The van der Waals surface area contributed by atoms with Crippen LogP contribution in [-0.2, 0) is 28.6 Å².